The fraction of sp³-hybridized carbons (Fsp3) is 0.368. The molecule has 2 aromatic rings. The van der Waals surface area contributed by atoms with Crippen molar-refractivity contribution >= 4 is 5.69 Å². The van der Waals surface area contributed by atoms with E-state index in [1.807, 2.05) is 65.1 Å². The zero-order valence-electron chi connectivity index (χ0n) is 14.8. The van der Waals surface area contributed by atoms with Gasteiger partial charge in [-0.2, -0.15) is 13.2 Å². The summed E-state index contributed by atoms with van der Waals surface area (Å²) in [6, 6.07) is 15.1. The molecular formula is C19H28F3N. The second-order valence-electron chi connectivity index (χ2n) is 3.98. The number of aryl methyl sites for hydroxylation is 1. The summed E-state index contributed by atoms with van der Waals surface area (Å²) in [5, 5.41) is 3.03. The van der Waals surface area contributed by atoms with E-state index in [1.165, 1.54) is 12.1 Å². The third-order valence-corrected chi connectivity index (χ3v) is 2.44. The Labute approximate surface area is 138 Å². The molecule has 0 amide bonds. The molecule has 0 aliphatic carbocycles. The van der Waals surface area contributed by atoms with Crippen LogP contribution >= 0.6 is 0 Å². The van der Waals surface area contributed by atoms with Crippen LogP contribution in [0.3, 0.4) is 0 Å². The largest absolute Gasteiger partial charge is 0.416 e. The lowest BCUT2D eigenvalue weighted by molar-refractivity contribution is -0.137. The van der Waals surface area contributed by atoms with Crippen LogP contribution in [-0.2, 0) is 6.18 Å². The topological polar surface area (TPSA) is 12.0 Å². The van der Waals surface area contributed by atoms with E-state index in [1.54, 1.807) is 6.92 Å². The van der Waals surface area contributed by atoms with Crippen LogP contribution in [0.15, 0.2) is 54.6 Å². The maximum absolute atomic E-state index is 11.9. The second-order valence-corrected chi connectivity index (χ2v) is 3.98. The second kappa shape index (κ2) is 13.7. The highest BCUT2D eigenvalue weighted by Crippen LogP contribution is 2.28. The van der Waals surface area contributed by atoms with E-state index in [4.69, 9.17) is 0 Å². The Hall–Kier alpha value is -1.97. The van der Waals surface area contributed by atoms with Crippen molar-refractivity contribution in [3.63, 3.8) is 0 Å². The molecule has 0 unspecified atom stereocenters. The van der Waals surface area contributed by atoms with Gasteiger partial charge in [0, 0.05) is 12.7 Å². The first-order valence-electron chi connectivity index (χ1n) is 7.80. The van der Waals surface area contributed by atoms with E-state index in [2.05, 4.69) is 5.32 Å². The van der Waals surface area contributed by atoms with Crippen molar-refractivity contribution in [2.24, 2.45) is 0 Å². The van der Waals surface area contributed by atoms with Crippen molar-refractivity contribution in [1.82, 2.24) is 0 Å². The van der Waals surface area contributed by atoms with Gasteiger partial charge in [0.25, 0.3) is 0 Å². The first kappa shape index (κ1) is 23.3. The molecule has 2 aromatic carbocycles. The lowest BCUT2D eigenvalue weighted by Crippen LogP contribution is -2.03. The van der Waals surface area contributed by atoms with Gasteiger partial charge in [0.05, 0.1) is 5.56 Å². The Morgan fingerprint density at radius 1 is 0.739 bits per heavy atom. The third kappa shape index (κ3) is 11.3. The fourth-order valence-corrected chi connectivity index (χ4v) is 1.35. The average molecular weight is 327 g/mol. The van der Waals surface area contributed by atoms with Gasteiger partial charge in [-0.05, 0) is 31.2 Å². The van der Waals surface area contributed by atoms with Gasteiger partial charge in [-0.25, -0.2) is 0 Å². The summed E-state index contributed by atoms with van der Waals surface area (Å²) >= 11 is 0. The Bertz CT molecular complexity index is 476. The Morgan fingerprint density at radius 2 is 1.17 bits per heavy atom. The molecule has 1 nitrogen and oxygen atoms in total. The SMILES string of the molecule is CC.CC.CNc1ccccc1.Cc1ccc(C(F)(F)F)cc1. The number of benzene rings is 2. The van der Waals surface area contributed by atoms with Gasteiger partial charge in [-0.1, -0.05) is 63.6 Å². The summed E-state index contributed by atoms with van der Waals surface area (Å²) < 4.78 is 35.8. The molecule has 0 spiro atoms. The van der Waals surface area contributed by atoms with Gasteiger partial charge >= 0.3 is 6.18 Å². The predicted molar refractivity (Wildman–Crippen MR) is 94.9 cm³/mol. The lowest BCUT2D eigenvalue weighted by Gasteiger charge is -2.05. The van der Waals surface area contributed by atoms with Crippen LogP contribution in [0.25, 0.3) is 0 Å². The highest BCUT2D eigenvalue weighted by atomic mass is 19.4. The number of alkyl halides is 3. The summed E-state index contributed by atoms with van der Waals surface area (Å²) in [7, 11) is 1.91. The number of hydrogen-bond donors (Lipinski definition) is 1. The van der Waals surface area contributed by atoms with Gasteiger partial charge in [0.15, 0.2) is 0 Å². The molecular weight excluding hydrogens is 299 g/mol. The fourth-order valence-electron chi connectivity index (χ4n) is 1.35. The minimum atomic E-state index is -4.21. The molecule has 0 atom stereocenters. The molecule has 0 fully saturated rings. The molecule has 23 heavy (non-hydrogen) atoms. The smallest absolute Gasteiger partial charge is 0.388 e. The van der Waals surface area contributed by atoms with Gasteiger partial charge in [-0.3, -0.25) is 0 Å². The quantitative estimate of drug-likeness (QED) is 0.607. The van der Waals surface area contributed by atoms with Crippen molar-refractivity contribution in [2.45, 2.75) is 40.8 Å². The summed E-state index contributed by atoms with van der Waals surface area (Å²) in [6.45, 7) is 9.75. The molecule has 1 N–H and O–H groups in total. The normalized spacial score (nSPS) is 9.09. The van der Waals surface area contributed by atoms with Gasteiger partial charge in [0.1, 0.15) is 0 Å². The van der Waals surface area contributed by atoms with Crippen LogP contribution in [-0.4, -0.2) is 7.05 Å². The van der Waals surface area contributed by atoms with E-state index in [0.717, 1.165) is 23.4 Å². The number of rotatable bonds is 1. The van der Waals surface area contributed by atoms with Crippen molar-refractivity contribution in [3.8, 4) is 0 Å². The van der Waals surface area contributed by atoms with Crippen molar-refractivity contribution in [2.75, 3.05) is 12.4 Å². The molecule has 0 heterocycles. The van der Waals surface area contributed by atoms with E-state index in [0.29, 0.717) is 0 Å². The highest BCUT2D eigenvalue weighted by Gasteiger charge is 2.29. The molecule has 0 radical (unpaired) electrons. The maximum Gasteiger partial charge on any atom is 0.416 e. The zero-order valence-corrected chi connectivity index (χ0v) is 14.8. The Kier molecular flexibility index (Phi) is 13.9. The highest BCUT2D eigenvalue weighted by molar-refractivity contribution is 5.41. The molecule has 0 aromatic heterocycles. The third-order valence-electron chi connectivity index (χ3n) is 2.44. The Balaban J connectivity index is 0. The molecule has 0 aliphatic rings. The Morgan fingerprint density at radius 3 is 1.48 bits per heavy atom. The molecule has 0 aliphatic heterocycles. The number of hydrogen-bond acceptors (Lipinski definition) is 1. The minimum absolute atomic E-state index is 0.594. The van der Waals surface area contributed by atoms with E-state index in [-0.39, 0.29) is 0 Å². The number of nitrogens with one attached hydrogen (secondary N) is 1. The van der Waals surface area contributed by atoms with Crippen molar-refractivity contribution in [3.05, 3.63) is 65.7 Å². The number of anilines is 1. The van der Waals surface area contributed by atoms with Crippen LogP contribution in [0.1, 0.15) is 38.8 Å². The average Bonchev–Trinajstić information content (AvgIpc) is 2.59. The monoisotopic (exact) mass is 327 g/mol. The standard InChI is InChI=1S/C8H7F3.C7H9N.2C2H6/c1-6-2-4-7(5-3-6)8(9,10)11;1-8-7-5-3-2-4-6-7;2*1-2/h2-5H,1H3;2-6,8H,1H3;2*1-2H3. The van der Waals surface area contributed by atoms with Crippen molar-refractivity contribution in [1.29, 1.82) is 0 Å². The zero-order chi connectivity index (χ0) is 18.3. The van der Waals surface area contributed by atoms with Crippen LogP contribution in [0.4, 0.5) is 18.9 Å². The summed E-state index contributed by atoms with van der Waals surface area (Å²) in [5.41, 5.74) is 1.40. The van der Waals surface area contributed by atoms with Gasteiger partial charge in [0.2, 0.25) is 0 Å². The molecule has 2 rings (SSSR count). The molecule has 0 saturated carbocycles. The number of para-hydroxylation sites is 1. The molecule has 0 bridgehead atoms. The van der Waals surface area contributed by atoms with Crippen LogP contribution < -0.4 is 5.32 Å². The summed E-state index contributed by atoms with van der Waals surface area (Å²) in [6.07, 6.45) is -4.21. The van der Waals surface area contributed by atoms with E-state index >= 15 is 0 Å². The van der Waals surface area contributed by atoms with Crippen LogP contribution in [0.5, 0.6) is 0 Å². The first-order chi connectivity index (χ1) is 10.9. The predicted octanol–water partition coefficient (Wildman–Crippen LogP) is 6.79. The summed E-state index contributed by atoms with van der Waals surface area (Å²) in [5.74, 6) is 0. The number of halogens is 3. The van der Waals surface area contributed by atoms with Gasteiger partial charge in [-0.15, -0.1) is 0 Å². The van der Waals surface area contributed by atoms with E-state index < -0.39 is 11.7 Å². The van der Waals surface area contributed by atoms with Crippen LogP contribution in [0.2, 0.25) is 0 Å². The first-order valence-corrected chi connectivity index (χ1v) is 7.80. The van der Waals surface area contributed by atoms with E-state index in [9.17, 15) is 13.2 Å². The molecule has 130 valence electrons. The molecule has 4 heteroatoms. The van der Waals surface area contributed by atoms with Gasteiger partial charge < -0.3 is 5.32 Å². The maximum atomic E-state index is 11.9. The van der Waals surface area contributed by atoms with Crippen LogP contribution in [0, 0.1) is 6.92 Å². The van der Waals surface area contributed by atoms with Crippen molar-refractivity contribution < 1.29 is 13.2 Å². The minimum Gasteiger partial charge on any atom is -0.388 e. The molecule has 0 saturated heterocycles. The lowest BCUT2D eigenvalue weighted by atomic mass is 10.1. The summed E-state index contributed by atoms with van der Waals surface area (Å²) in [4.78, 5) is 0.